The zero-order valence-electron chi connectivity index (χ0n) is 12.0. The van der Waals surface area contributed by atoms with Gasteiger partial charge in [-0.2, -0.15) is 0 Å². The van der Waals surface area contributed by atoms with E-state index in [2.05, 4.69) is 17.2 Å². The van der Waals surface area contributed by atoms with Crippen molar-refractivity contribution in [2.24, 2.45) is 0 Å². The van der Waals surface area contributed by atoms with Crippen LogP contribution in [0.4, 0.5) is 0 Å². The molecule has 1 unspecified atom stereocenters. The number of hydrogen-bond acceptors (Lipinski definition) is 3. The van der Waals surface area contributed by atoms with Crippen LogP contribution in [0.3, 0.4) is 0 Å². The molecule has 1 aromatic heterocycles. The molecule has 6 heteroatoms. The molecule has 114 valence electrons. The summed E-state index contributed by atoms with van der Waals surface area (Å²) in [5, 5.41) is 3.32. The van der Waals surface area contributed by atoms with E-state index in [0.29, 0.717) is 11.6 Å². The zero-order chi connectivity index (χ0) is 13.0. The number of rotatable bonds is 4. The topological polar surface area (TPSA) is 45.2 Å². The first kappa shape index (κ1) is 19.2. The van der Waals surface area contributed by atoms with E-state index in [1.54, 1.807) is 6.20 Å². The molecule has 20 heavy (non-hydrogen) atoms. The summed E-state index contributed by atoms with van der Waals surface area (Å²) in [6.07, 6.45) is 3.72. The second-order valence-corrected chi connectivity index (χ2v) is 4.83. The Balaban J connectivity index is 0.00000180. The van der Waals surface area contributed by atoms with Gasteiger partial charge in [0.25, 0.3) is 5.91 Å². The van der Waals surface area contributed by atoms with E-state index in [-0.39, 0.29) is 30.7 Å². The smallest absolute Gasteiger partial charge is 0.255 e. The minimum absolute atomic E-state index is 0. The number of nitrogens with one attached hydrogen (secondary N) is 1. The fourth-order valence-corrected chi connectivity index (χ4v) is 2.36. The molecule has 4 nitrogen and oxygen atoms in total. The summed E-state index contributed by atoms with van der Waals surface area (Å²) in [5.41, 5.74) is 1.64. The highest BCUT2D eigenvalue weighted by Crippen LogP contribution is 2.14. The summed E-state index contributed by atoms with van der Waals surface area (Å²) in [5.74, 6) is 0.109. The molecule has 1 amide bonds. The van der Waals surface area contributed by atoms with Crippen molar-refractivity contribution in [2.45, 2.75) is 32.7 Å². The zero-order valence-corrected chi connectivity index (χ0v) is 13.6. The minimum atomic E-state index is 0. The Morgan fingerprint density at radius 1 is 1.45 bits per heavy atom. The van der Waals surface area contributed by atoms with Crippen molar-refractivity contribution in [3.05, 3.63) is 29.6 Å². The van der Waals surface area contributed by atoms with Crippen molar-refractivity contribution in [2.75, 3.05) is 19.6 Å². The minimum Gasteiger partial charge on any atom is -0.334 e. The normalized spacial score (nSPS) is 17.0. The molecule has 1 fully saturated rings. The van der Waals surface area contributed by atoms with Crippen LogP contribution in [0.2, 0.25) is 0 Å². The summed E-state index contributed by atoms with van der Waals surface area (Å²) < 4.78 is 0. The van der Waals surface area contributed by atoms with E-state index >= 15 is 0 Å². The maximum Gasteiger partial charge on any atom is 0.255 e. The molecule has 0 radical (unpaired) electrons. The Kier molecular flexibility index (Phi) is 8.78. The van der Waals surface area contributed by atoms with Gasteiger partial charge in [-0.25, -0.2) is 0 Å². The highest BCUT2D eigenvalue weighted by molar-refractivity contribution is 5.94. The molecule has 1 N–H and O–H groups in total. The van der Waals surface area contributed by atoms with Crippen molar-refractivity contribution in [1.29, 1.82) is 0 Å². The number of aromatic nitrogens is 1. The molecule has 0 spiro atoms. The third-order valence-corrected chi connectivity index (χ3v) is 3.36. The number of nitrogens with zero attached hydrogens (tertiary/aromatic N) is 2. The largest absolute Gasteiger partial charge is 0.334 e. The number of amides is 1. The van der Waals surface area contributed by atoms with Gasteiger partial charge in [-0.15, -0.1) is 24.8 Å². The van der Waals surface area contributed by atoms with E-state index < -0.39 is 0 Å². The van der Waals surface area contributed by atoms with Gasteiger partial charge in [0.15, 0.2) is 0 Å². The molecule has 1 atom stereocenters. The van der Waals surface area contributed by atoms with Crippen LogP contribution in [0.1, 0.15) is 35.8 Å². The Labute approximate surface area is 133 Å². The maximum absolute atomic E-state index is 12.5. The monoisotopic (exact) mass is 319 g/mol. The van der Waals surface area contributed by atoms with E-state index in [1.807, 2.05) is 24.0 Å². The average Bonchev–Trinajstić information content (AvgIpc) is 2.90. The number of carbonyl (C=O) groups is 1. The Morgan fingerprint density at radius 2 is 2.20 bits per heavy atom. The van der Waals surface area contributed by atoms with Gasteiger partial charge >= 0.3 is 0 Å². The van der Waals surface area contributed by atoms with Gasteiger partial charge in [0, 0.05) is 31.0 Å². The lowest BCUT2D eigenvalue weighted by Gasteiger charge is -2.28. The van der Waals surface area contributed by atoms with Crippen molar-refractivity contribution >= 4 is 30.7 Å². The number of halogens is 2. The van der Waals surface area contributed by atoms with Crippen LogP contribution in [-0.4, -0.2) is 41.5 Å². The molecule has 0 aliphatic carbocycles. The number of carbonyl (C=O) groups excluding carboxylic acids is 1. The lowest BCUT2D eigenvalue weighted by Crippen LogP contribution is -2.42. The fraction of sp³-hybridized carbons (Fsp3) is 0.571. The van der Waals surface area contributed by atoms with Crippen molar-refractivity contribution in [3.8, 4) is 0 Å². The third kappa shape index (κ3) is 4.62. The van der Waals surface area contributed by atoms with E-state index in [1.165, 1.54) is 0 Å². The van der Waals surface area contributed by atoms with Crippen LogP contribution in [0.25, 0.3) is 0 Å². The molecule has 2 rings (SSSR count). The van der Waals surface area contributed by atoms with Gasteiger partial charge in [0.2, 0.25) is 0 Å². The van der Waals surface area contributed by atoms with E-state index in [9.17, 15) is 4.79 Å². The molecule has 0 saturated carbocycles. The lowest BCUT2D eigenvalue weighted by atomic mass is 10.1. The summed E-state index contributed by atoms with van der Waals surface area (Å²) in [6, 6.07) is 4.10. The summed E-state index contributed by atoms with van der Waals surface area (Å²) in [6.45, 7) is 6.77. The van der Waals surface area contributed by atoms with Crippen LogP contribution in [-0.2, 0) is 0 Å². The van der Waals surface area contributed by atoms with Crippen LogP contribution >= 0.6 is 24.8 Å². The molecule has 1 aliphatic heterocycles. The Hall–Kier alpha value is -0.840. The third-order valence-electron chi connectivity index (χ3n) is 3.36. The molecular weight excluding hydrogens is 297 g/mol. The summed E-state index contributed by atoms with van der Waals surface area (Å²) in [4.78, 5) is 18.7. The lowest BCUT2D eigenvalue weighted by molar-refractivity contribution is 0.0692. The first-order chi connectivity index (χ1) is 8.72. The maximum atomic E-state index is 12.5. The standard InChI is InChI=1S/C14H21N3O.2ClH/c1-3-8-17(13-6-7-15-10-13)14(18)12-5-4-11(2)16-9-12;;/h4-5,9,13,15H,3,6-8,10H2,1-2H3;2*1H. The molecular formula is C14H23Cl2N3O. The molecule has 1 saturated heterocycles. The van der Waals surface area contributed by atoms with Crippen LogP contribution < -0.4 is 5.32 Å². The van der Waals surface area contributed by atoms with Gasteiger partial charge < -0.3 is 10.2 Å². The first-order valence-corrected chi connectivity index (χ1v) is 6.66. The number of hydrogen-bond donors (Lipinski definition) is 1. The Bertz CT molecular complexity index is 405. The van der Waals surface area contributed by atoms with Gasteiger partial charge in [-0.1, -0.05) is 6.92 Å². The predicted octanol–water partition coefficient (Wildman–Crippen LogP) is 2.45. The second kappa shape index (κ2) is 9.16. The van der Waals surface area contributed by atoms with E-state index in [0.717, 1.165) is 38.2 Å². The van der Waals surface area contributed by atoms with Crippen molar-refractivity contribution in [1.82, 2.24) is 15.2 Å². The first-order valence-electron chi connectivity index (χ1n) is 6.66. The van der Waals surface area contributed by atoms with Crippen LogP contribution in [0, 0.1) is 6.92 Å². The molecule has 1 aliphatic rings. The highest BCUT2D eigenvalue weighted by atomic mass is 35.5. The molecule has 0 bridgehead atoms. The van der Waals surface area contributed by atoms with Crippen LogP contribution in [0.5, 0.6) is 0 Å². The van der Waals surface area contributed by atoms with E-state index in [4.69, 9.17) is 0 Å². The summed E-state index contributed by atoms with van der Waals surface area (Å²) >= 11 is 0. The fourth-order valence-electron chi connectivity index (χ4n) is 2.36. The number of aryl methyl sites for hydroxylation is 1. The van der Waals surface area contributed by atoms with Gasteiger partial charge in [-0.3, -0.25) is 9.78 Å². The van der Waals surface area contributed by atoms with Gasteiger partial charge in [0.1, 0.15) is 0 Å². The van der Waals surface area contributed by atoms with Gasteiger partial charge in [0.05, 0.1) is 5.56 Å². The molecule has 2 heterocycles. The quantitative estimate of drug-likeness (QED) is 0.927. The molecule has 1 aromatic rings. The van der Waals surface area contributed by atoms with Crippen molar-refractivity contribution in [3.63, 3.8) is 0 Å². The van der Waals surface area contributed by atoms with Crippen molar-refractivity contribution < 1.29 is 4.79 Å². The highest BCUT2D eigenvalue weighted by Gasteiger charge is 2.26. The predicted molar refractivity (Wildman–Crippen MR) is 86.1 cm³/mol. The Morgan fingerprint density at radius 3 is 2.70 bits per heavy atom. The SMILES string of the molecule is CCCN(C(=O)c1ccc(C)nc1)C1CCNC1.Cl.Cl. The number of pyridine rings is 1. The van der Waals surface area contributed by atoms with Crippen LogP contribution in [0.15, 0.2) is 18.3 Å². The average molecular weight is 320 g/mol. The summed E-state index contributed by atoms with van der Waals surface area (Å²) in [7, 11) is 0. The molecule has 0 aromatic carbocycles. The second-order valence-electron chi connectivity index (χ2n) is 4.83. The van der Waals surface area contributed by atoms with Gasteiger partial charge in [-0.05, 0) is 38.4 Å².